The predicted octanol–water partition coefficient (Wildman–Crippen LogP) is 1.11. The topological polar surface area (TPSA) is 59.5 Å². The summed E-state index contributed by atoms with van der Waals surface area (Å²) in [7, 11) is 0. The first-order valence-corrected chi connectivity index (χ1v) is 7.85. The number of morpholine rings is 1. The third-order valence-corrected chi connectivity index (χ3v) is 4.10. The van der Waals surface area contributed by atoms with Crippen LogP contribution in [0.25, 0.3) is 0 Å². The maximum Gasteiger partial charge on any atom is 0.129 e. The van der Waals surface area contributed by atoms with E-state index in [1.807, 2.05) is 0 Å². The smallest absolute Gasteiger partial charge is 0.129 e. The van der Waals surface area contributed by atoms with Gasteiger partial charge in [0, 0.05) is 38.2 Å². The van der Waals surface area contributed by atoms with Crippen molar-refractivity contribution < 1.29 is 9.47 Å². The van der Waals surface area contributed by atoms with Crippen molar-refractivity contribution in [2.24, 2.45) is 0 Å². The number of nitrogens with one attached hydrogen (secondary N) is 1. The van der Waals surface area contributed by atoms with Crippen molar-refractivity contribution in [3.05, 3.63) is 18.1 Å². The van der Waals surface area contributed by atoms with Crippen LogP contribution in [0.4, 0.5) is 5.82 Å². The third-order valence-electron chi connectivity index (χ3n) is 4.10. The van der Waals surface area contributed by atoms with E-state index < -0.39 is 0 Å². The standard InChI is InChI=1S/C15H24N4O2/c1(4-19-5-8-20-9-6-19)3-16-15-10-14(17-12-18-15)13-2-7-21-11-13/h10,12-13H,1-9,11H2,(H,16,17,18)/t13-/m0/s1. The van der Waals surface area contributed by atoms with Gasteiger partial charge in [-0.3, -0.25) is 4.90 Å². The second kappa shape index (κ2) is 7.68. The molecule has 0 unspecified atom stereocenters. The fraction of sp³-hybridized carbons (Fsp3) is 0.733. The van der Waals surface area contributed by atoms with Gasteiger partial charge in [0.05, 0.1) is 25.5 Å². The molecule has 0 radical (unpaired) electrons. The molecule has 3 heterocycles. The van der Waals surface area contributed by atoms with E-state index in [2.05, 4.69) is 26.3 Å². The number of rotatable bonds is 6. The lowest BCUT2D eigenvalue weighted by Crippen LogP contribution is -2.37. The summed E-state index contributed by atoms with van der Waals surface area (Å²) in [5.74, 6) is 1.36. The highest BCUT2D eigenvalue weighted by atomic mass is 16.5. The van der Waals surface area contributed by atoms with Crippen LogP contribution in [0.5, 0.6) is 0 Å². The highest BCUT2D eigenvalue weighted by Crippen LogP contribution is 2.24. The molecule has 0 amide bonds. The lowest BCUT2D eigenvalue weighted by molar-refractivity contribution is 0.0378. The lowest BCUT2D eigenvalue weighted by Gasteiger charge is -2.26. The molecular formula is C15H24N4O2. The molecule has 6 heteroatoms. The first-order valence-electron chi connectivity index (χ1n) is 7.85. The molecule has 1 aromatic rings. The van der Waals surface area contributed by atoms with Crippen molar-refractivity contribution in [2.45, 2.75) is 18.8 Å². The fourth-order valence-electron chi connectivity index (χ4n) is 2.80. The molecule has 1 N–H and O–H groups in total. The van der Waals surface area contributed by atoms with Crippen LogP contribution in [0, 0.1) is 0 Å². The Morgan fingerprint density at radius 2 is 2.10 bits per heavy atom. The average Bonchev–Trinajstić information content (AvgIpc) is 3.07. The van der Waals surface area contributed by atoms with Crippen molar-refractivity contribution in [1.82, 2.24) is 14.9 Å². The average molecular weight is 292 g/mol. The molecule has 3 rings (SSSR count). The normalized spacial score (nSPS) is 23.3. The van der Waals surface area contributed by atoms with Crippen LogP contribution in [0.15, 0.2) is 12.4 Å². The SMILES string of the molecule is c1nc(NCCCN2CCOCC2)cc([C@H]2CCOC2)n1. The van der Waals surface area contributed by atoms with Crippen LogP contribution >= 0.6 is 0 Å². The summed E-state index contributed by atoms with van der Waals surface area (Å²) < 4.78 is 10.8. The zero-order chi connectivity index (χ0) is 14.3. The Morgan fingerprint density at radius 1 is 1.19 bits per heavy atom. The molecule has 116 valence electrons. The van der Waals surface area contributed by atoms with E-state index in [1.54, 1.807) is 6.33 Å². The molecule has 2 saturated heterocycles. The maximum absolute atomic E-state index is 5.42. The molecule has 0 saturated carbocycles. The summed E-state index contributed by atoms with van der Waals surface area (Å²) >= 11 is 0. The van der Waals surface area contributed by atoms with Gasteiger partial charge in [-0.15, -0.1) is 0 Å². The summed E-state index contributed by atoms with van der Waals surface area (Å²) in [6.07, 6.45) is 3.83. The van der Waals surface area contributed by atoms with Crippen molar-refractivity contribution in [3.8, 4) is 0 Å². The Bertz CT molecular complexity index is 431. The van der Waals surface area contributed by atoms with Crippen LogP contribution in [0.3, 0.4) is 0 Å². The van der Waals surface area contributed by atoms with Gasteiger partial charge in [0.15, 0.2) is 0 Å². The zero-order valence-electron chi connectivity index (χ0n) is 12.5. The minimum atomic E-state index is 0.432. The molecule has 21 heavy (non-hydrogen) atoms. The molecular weight excluding hydrogens is 268 g/mol. The van der Waals surface area contributed by atoms with Gasteiger partial charge in [0.2, 0.25) is 0 Å². The summed E-state index contributed by atoms with van der Waals surface area (Å²) in [5, 5.41) is 3.40. The van der Waals surface area contributed by atoms with E-state index in [0.29, 0.717) is 5.92 Å². The van der Waals surface area contributed by atoms with Crippen LogP contribution < -0.4 is 5.32 Å². The van der Waals surface area contributed by atoms with Gasteiger partial charge in [0.1, 0.15) is 12.1 Å². The Balaban J connectivity index is 1.41. The minimum Gasteiger partial charge on any atom is -0.381 e. The van der Waals surface area contributed by atoms with E-state index in [9.17, 15) is 0 Å². The van der Waals surface area contributed by atoms with Gasteiger partial charge in [-0.1, -0.05) is 0 Å². The molecule has 6 nitrogen and oxygen atoms in total. The monoisotopic (exact) mass is 292 g/mol. The van der Waals surface area contributed by atoms with Crippen LogP contribution in [-0.2, 0) is 9.47 Å². The minimum absolute atomic E-state index is 0.432. The molecule has 0 aliphatic carbocycles. The van der Waals surface area contributed by atoms with Crippen LogP contribution in [0.2, 0.25) is 0 Å². The lowest BCUT2D eigenvalue weighted by atomic mass is 10.1. The molecule has 0 aromatic carbocycles. The quantitative estimate of drug-likeness (QED) is 0.793. The third kappa shape index (κ3) is 4.36. The number of nitrogens with zero attached hydrogens (tertiary/aromatic N) is 3. The summed E-state index contributed by atoms with van der Waals surface area (Å²) in [4.78, 5) is 11.1. The fourth-order valence-corrected chi connectivity index (χ4v) is 2.80. The molecule has 2 aliphatic rings. The van der Waals surface area contributed by atoms with E-state index in [4.69, 9.17) is 9.47 Å². The van der Waals surface area contributed by atoms with Gasteiger partial charge < -0.3 is 14.8 Å². The molecule has 2 aliphatic heterocycles. The van der Waals surface area contributed by atoms with Crippen LogP contribution in [-0.4, -0.2) is 67.5 Å². The van der Waals surface area contributed by atoms with E-state index in [-0.39, 0.29) is 0 Å². The van der Waals surface area contributed by atoms with Gasteiger partial charge in [-0.05, 0) is 19.4 Å². The number of hydrogen-bond donors (Lipinski definition) is 1. The highest BCUT2D eigenvalue weighted by Gasteiger charge is 2.19. The Kier molecular flexibility index (Phi) is 5.37. The van der Waals surface area contributed by atoms with Gasteiger partial charge in [0.25, 0.3) is 0 Å². The molecule has 1 atom stereocenters. The molecule has 0 spiro atoms. The van der Waals surface area contributed by atoms with Gasteiger partial charge >= 0.3 is 0 Å². The Hall–Kier alpha value is -1.24. The largest absolute Gasteiger partial charge is 0.381 e. The van der Waals surface area contributed by atoms with Gasteiger partial charge in [-0.25, -0.2) is 9.97 Å². The second-order valence-electron chi connectivity index (χ2n) is 5.62. The summed E-state index contributed by atoms with van der Waals surface area (Å²) in [6, 6.07) is 2.06. The Labute approximate surface area is 125 Å². The van der Waals surface area contributed by atoms with Gasteiger partial charge in [-0.2, -0.15) is 0 Å². The van der Waals surface area contributed by atoms with E-state index >= 15 is 0 Å². The zero-order valence-corrected chi connectivity index (χ0v) is 12.5. The number of ether oxygens (including phenoxy) is 2. The van der Waals surface area contributed by atoms with E-state index in [1.165, 1.54) is 0 Å². The first kappa shape index (κ1) is 14.7. The second-order valence-corrected chi connectivity index (χ2v) is 5.62. The predicted molar refractivity (Wildman–Crippen MR) is 80.6 cm³/mol. The summed E-state index contributed by atoms with van der Waals surface area (Å²) in [6.45, 7) is 7.53. The highest BCUT2D eigenvalue weighted by molar-refractivity contribution is 5.35. The first-order chi connectivity index (χ1) is 10.4. The summed E-state index contributed by atoms with van der Waals surface area (Å²) in [5.41, 5.74) is 1.10. The van der Waals surface area contributed by atoms with Crippen LogP contribution in [0.1, 0.15) is 24.5 Å². The Morgan fingerprint density at radius 3 is 2.90 bits per heavy atom. The molecule has 0 bridgehead atoms. The van der Waals surface area contributed by atoms with E-state index in [0.717, 1.165) is 77.0 Å². The number of anilines is 1. The van der Waals surface area contributed by atoms with Crippen molar-refractivity contribution in [2.75, 3.05) is 57.9 Å². The van der Waals surface area contributed by atoms with Crippen molar-refractivity contribution in [3.63, 3.8) is 0 Å². The maximum atomic E-state index is 5.42. The number of hydrogen-bond acceptors (Lipinski definition) is 6. The van der Waals surface area contributed by atoms with Crippen molar-refractivity contribution >= 4 is 5.82 Å². The number of aromatic nitrogens is 2. The van der Waals surface area contributed by atoms with Crippen molar-refractivity contribution in [1.29, 1.82) is 0 Å². The molecule has 1 aromatic heterocycles. The molecule has 2 fully saturated rings.